The van der Waals surface area contributed by atoms with Crippen LogP contribution in [0.15, 0.2) is 53.1 Å². The summed E-state index contributed by atoms with van der Waals surface area (Å²) in [7, 11) is 0. The van der Waals surface area contributed by atoms with E-state index in [4.69, 9.17) is 4.52 Å². The van der Waals surface area contributed by atoms with E-state index in [1.54, 1.807) is 12.1 Å². The van der Waals surface area contributed by atoms with Crippen LogP contribution in [0.5, 0.6) is 0 Å². The Morgan fingerprint density at radius 2 is 2.00 bits per heavy atom. The van der Waals surface area contributed by atoms with Crippen LogP contribution in [0.25, 0.3) is 11.5 Å². The average Bonchev–Trinajstić information content (AvgIpc) is 3.30. The van der Waals surface area contributed by atoms with Gasteiger partial charge in [-0.25, -0.2) is 4.39 Å². The van der Waals surface area contributed by atoms with Gasteiger partial charge in [0, 0.05) is 31.0 Å². The summed E-state index contributed by atoms with van der Waals surface area (Å²) in [5.74, 6) is 0.846. The molecule has 1 atom stereocenters. The standard InChI is InChI=1S/C22H22FN3O2/c1-14(2)16-8-6-15(7-9-16)12-26-13-18(11-20(26)27)21-24-22(28-25-21)17-4-3-5-19(23)10-17/h3-10,14,18H,11-13H2,1-2H3. The van der Waals surface area contributed by atoms with Gasteiger partial charge in [-0.1, -0.05) is 49.3 Å². The van der Waals surface area contributed by atoms with E-state index >= 15 is 0 Å². The Hall–Kier alpha value is -3.02. The molecule has 6 heteroatoms. The minimum atomic E-state index is -0.358. The second kappa shape index (κ2) is 7.54. The number of likely N-dealkylation sites (tertiary alicyclic amines) is 1. The van der Waals surface area contributed by atoms with E-state index in [0.717, 1.165) is 5.56 Å². The molecule has 1 fully saturated rings. The van der Waals surface area contributed by atoms with Crippen LogP contribution in [-0.2, 0) is 11.3 Å². The van der Waals surface area contributed by atoms with Crippen molar-refractivity contribution in [2.45, 2.75) is 38.6 Å². The number of carbonyl (C=O) groups excluding carboxylic acids is 1. The van der Waals surface area contributed by atoms with Gasteiger partial charge in [-0.3, -0.25) is 4.79 Å². The summed E-state index contributed by atoms with van der Waals surface area (Å²) in [6, 6.07) is 14.4. The fourth-order valence-electron chi connectivity index (χ4n) is 3.47. The van der Waals surface area contributed by atoms with Crippen LogP contribution in [-0.4, -0.2) is 27.5 Å². The van der Waals surface area contributed by atoms with Gasteiger partial charge in [0.25, 0.3) is 5.89 Å². The highest BCUT2D eigenvalue weighted by Crippen LogP contribution is 2.29. The number of benzene rings is 2. The quantitative estimate of drug-likeness (QED) is 0.654. The Labute approximate surface area is 163 Å². The molecule has 3 aromatic rings. The van der Waals surface area contributed by atoms with Crippen molar-refractivity contribution < 1.29 is 13.7 Å². The second-order valence-electron chi connectivity index (χ2n) is 7.54. The molecule has 1 saturated heterocycles. The van der Waals surface area contributed by atoms with Gasteiger partial charge in [-0.2, -0.15) is 4.98 Å². The van der Waals surface area contributed by atoms with E-state index in [0.29, 0.717) is 36.8 Å². The van der Waals surface area contributed by atoms with Gasteiger partial charge < -0.3 is 9.42 Å². The molecule has 2 heterocycles. The first-order valence-corrected chi connectivity index (χ1v) is 9.46. The minimum Gasteiger partial charge on any atom is -0.338 e. The fraction of sp³-hybridized carbons (Fsp3) is 0.318. The molecule has 144 valence electrons. The number of aromatic nitrogens is 2. The molecule has 1 aliphatic heterocycles. The molecule has 0 aliphatic carbocycles. The number of amides is 1. The summed E-state index contributed by atoms with van der Waals surface area (Å²) in [5, 5.41) is 4.02. The zero-order valence-corrected chi connectivity index (χ0v) is 15.9. The van der Waals surface area contributed by atoms with Crippen molar-refractivity contribution in [3.05, 3.63) is 71.3 Å². The molecule has 0 spiro atoms. The van der Waals surface area contributed by atoms with Crippen molar-refractivity contribution in [3.8, 4) is 11.5 Å². The van der Waals surface area contributed by atoms with Crippen molar-refractivity contribution in [1.82, 2.24) is 15.0 Å². The highest BCUT2D eigenvalue weighted by atomic mass is 19.1. The Morgan fingerprint density at radius 1 is 1.21 bits per heavy atom. The lowest BCUT2D eigenvalue weighted by molar-refractivity contribution is -0.128. The maximum Gasteiger partial charge on any atom is 0.258 e. The third-order valence-electron chi connectivity index (χ3n) is 5.11. The molecule has 0 saturated carbocycles. The normalized spacial score (nSPS) is 16.9. The summed E-state index contributed by atoms with van der Waals surface area (Å²) in [6.45, 7) is 5.44. The molecule has 28 heavy (non-hydrogen) atoms. The Kier molecular flexibility index (Phi) is 4.94. The van der Waals surface area contributed by atoms with E-state index in [-0.39, 0.29) is 23.5 Å². The molecule has 1 unspecified atom stereocenters. The van der Waals surface area contributed by atoms with Crippen LogP contribution in [0.4, 0.5) is 4.39 Å². The molecule has 0 radical (unpaired) electrons. The third-order valence-corrected chi connectivity index (χ3v) is 5.11. The van der Waals surface area contributed by atoms with Gasteiger partial charge in [0.05, 0.1) is 0 Å². The van der Waals surface area contributed by atoms with E-state index in [2.05, 4.69) is 48.3 Å². The van der Waals surface area contributed by atoms with E-state index in [1.807, 2.05) is 4.90 Å². The first kappa shape index (κ1) is 18.3. The molecule has 4 rings (SSSR count). The molecule has 1 aromatic heterocycles. The molecule has 5 nitrogen and oxygen atoms in total. The minimum absolute atomic E-state index is 0.0787. The van der Waals surface area contributed by atoms with E-state index in [1.165, 1.54) is 17.7 Å². The first-order valence-electron chi connectivity index (χ1n) is 9.46. The highest BCUT2D eigenvalue weighted by molar-refractivity contribution is 5.79. The summed E-state index contributed by atoms with van der Waals surface area (Å²) in [6.07, 6.45) is 0.353. The monoisotopic (exact) mass is 379 g/mol. The molecular formula is C22H22FN3O2. The predicted octanol–water partition coefficient (Wildman–Crippen LogP) is 4.52. The average molecular weight is 379 g/mol. The number of nitrogens with zero attached hydrogens (tertiary/aromatic N) is 3. The van der Waals surface area contributed by atoms with Crippen LogP contribution < -0.4 is 0 Å². The molecule has 0 N–H and O–H groups in total. The lowest BCUT2D eigenvalue weighted by Gasteiger charge is -2.16. The third kappa shape index (κ3) is 3.81. The van der Waals surface area contributed by atoms with E-state index in [9.17, 15) is 9.18 Å². The number of rotatable bonds is 5. The predicted molar refractivity (Wildman–Crippen MR) is 103 cm³/mol. The van der Waals surface area contributed by atoms with Crippen LogP contribution in [0.3, 0.4) is 0 Å². The second-order valence-corrected chi connectivity index (χ2v) is 7.54. The summed E-state index contributed by atoms with van der Waals surface area (Å²) >= 11 is 0. The summed E-state index contributed by atoms with van der Waals surface area (Å²) in [5.41, 5.74) is 2.92. The zero-order chi connectivity index (χ0) is 19.7. The van der Waals surface area contributed by atoms with Gasteiger partial charge in [-0.05, 0) is 35.2 Å². The maximum atomic E-state index is 13.4. The molecule has 2 aromatic carbocycles. The number of hydrogen-bond acceptors (Lipinski definition) is 4. The largest absolute Gasteiger partial charge is 0.338 e. The van der Waals surface area contributed by atoms with Crippen molar-refractivity contribution >= 4 is 5.91 Å². The Morgan fingerprint density at radius 3 is 2.71 bits per heavy atom. The topological polar surface area (TPSA) is 59.2 Å². The number of hydrogen-bond donors (Lipinski definition) is 0. The lowest BCUT2D eigenvalue weighted by Crippen LogP contribution is -2.24. The first-order chi connectivity index (χ1) is 13.5. The van der Waals surface area contributed by atoms with Gasteiger partial charge in [0.1, 0.15) is 5.82 Å². The molecule has 1 aliphatic rings. The van der Waals surface area contributed by atoms with Crippen molar-refractivity contribution in [2.75, 3.05) is 6.54 Å². The van der Waals surface area contributed by atoms with Gasteiger partial charge in [-0.15, -0.1) is 0 Å². The number of carbonyl (C=O) groups is 1. The van der Waals surface area contributed by atoms with Gasteiger partial charge in [0.2, 0.25) is 5.91 Å². The zero-order valence-electron chi connectivity index (χ0n) is 15.9. The SMILES string of the molecule is CC(C)c1ccc(CN2CC(c3noc(-c4cccc(F)c4)n3)CC2=O)cc1. The van der Waals surface area contributed by atoms with Crippen molar-refractivity contribution in [1.29, 1.82) is 0 Å². The van der Waals surface area contributed by atoms with Crippen molar-refractivity contribution in [3.63, 3.8) is 0 Å². The van der Waals surface area contributed by atoms with Gasteiger partial charge >= 0.3 is 0 Å². The summed E-state index contributed by atoms with van der Waals surface area (Å²) < 4.78 is 18.7. The molecular weight excluding hydrogens is 357 g/mol. The summed E-state index contributed by atoms with van der Waals surface area (Å²) in [4.78, 5) is 18.7. The number of halogens is 1. The molecule has 1 amide bonds. The Balaban J connectivity index is 1.45. The van der Waals surface area contributed by atoms with Crippen LogP contribution >= 0.6 is 0 Å². The lowest BCUT2D eigenvalue weighted by atomic mass is 10.0. The van der Waals surface area contributed by atoms with Crippen LogP contribution in [0, 0.1) is 5.82 Å². The molecule has 0 bridgehead atoms. The van der Waals surface area contributed by atoms with Gasteiger partial charge in [0.15, 0.2) is 5.82 Å². The van der Waals surface area contributed by atoms with Crippen LogP contribution in [0.1, 0.15) is 49.1 Å². The van der Waals surface area contributed by atoms with Crippen molar-refractivity contribution in [2.24, 2.45) is 0 Å². The Bertz CT molecular complexity index is 981. The smallest absolute Gasteiger partial charge is 0.258 e. The fourth-order valence-corrected chi connectivity index (χ4v) is 3.47. The van der Waals surface area contributed by atoms with Crippen LogP contribution in [0.2, 0.25) is 0 Å². The highest BCUT2D eigenvalue weighted by Gasteiger charge is 2.33. The van der Waals surface area contributed by atoms with E-state index < -0.39 is 0 Å². The maximum absolute atomic E-state index is 13.4.